The van der Waals surface area contributed by atoms with Crippen molar-refractivity contribution < 1.29 is 59.3 Å². The number of rotatable bonds is 4. The molecule has 16 atom stereocenters. The van der Waals surface area contributed by atoms with Crippen LogP contribution in [-0.4, -0.2) is 107 Å². The van der Waals surface area contributed by atoms with Crippen molar-refractivity contribution >= 4 is 23.1 Å². The second-order valence-corrected chi connectivity index (χ2v) is 19.1. The lowest BCUT2D eigenvalue weighted by Crippen LogP contribution is -2.69. The van der Waals surface area contributed by atoms with Gasteiger partial charge in [-0.15, -0.1) is 0 Å². The fraction of sp³-hybridized carbons (Fsp3) is 0.721. The zero-order valence-electron chi connectivity index (χ0n) is 32.4. The summed E-state index contributed by atoms with van der Waals surface area (Å²) in [5, 5.41) is 74.0. The molecule has 0 saturated heterocycles. The molecule has 8 aliphatic carbocycles. The van der Waals surface area contributed by atoms with E-state index in [1.165, 1.54) is 18.2 Å². The molecule has 6 fully saturated rings. The number of hydrogen-bond acceptors (Lipinski definition) is 11. The van der Waals surface area contributed by atoms with Gasteiger partial charge in [-0.25, -0.2) is 4.39 Å². The van der Waals surface area contributed by atoms with E-state index in [4.69, 9.17) is 0 Å². The molecule has 0 unspecified atom stereocenters. The van der Waals surface area contributed by atoms with Crippen LogP contribution in [0, 0.1) is 57.2 Å². The lowest BCUT2D eigenvalue weighted by molar-refractivity contribution is -0.222. The molecule has 7 N–H and O–H groups in total. The van der Waals surface area contributed by atoms with Gasteiger partial charge in [0.25, 0.3) is 0 Å². The van der Waals surface area contributed by atoms with Gasteiger partial charge >= 0.3 is 0 Å². The van der Waals surface area contributed by atoms with Crippen LogP contribution in [0.4, 0.5) is 4.39 Å². The Hall–Kier alpha value is -2.71. The minimum atomic E-state index is -2.23. The summed E-state index contributed by atoms with van der Waals surface area (Å²) in [5.74, 6) is -2.46. The van der Waals surface area contributed by atoms with Crippen LogP contribution in [0.5, 0.6) is 0 Å². The molecule has 0 radical (unpaired) electrons. The standard InChI is InChI=1S/C22H30O5.C21H27FO6/c1-12-8-14-15-5-7-22(27,18(26)11-23)21(15,3)10-17(25)19(14)20(2)6-4-13(24)9-16(12)20;1-18-6-5-12(24)7-11(18)3-4-13-14-8-15(25)21(28,17(27)10-23)19(14,2)9-16(26)20(13,18)22/h4,6,9,12,14-15,17,19,23,25,27H,5,7-8,10-11H2,1-3H3;5-7,13-16,23,25-26,28H,3-4,8-10H2,1-2H3/t12-,14-,15-,17-,19+,20-,21-,22-;13-,14-,15+,16-,18-,19-,20-,21-/m00/s1. The van der Waals surface area contributed by atoms with Crippen molar-refractivity contribution in [3.8, 4) is 0 Å². The van der Waals surface area contributed by atoms with E-state index >= 15 is 4.39 Å². The first-order chi connectivity index (χ1) is 25.5. The molecule has 0 aliphatic heterocycles. The minimum absolute atomic E-state index is 0.00620. The van der Waals surface area contributed by atoms with Crippen molar-refractivity contribution in [2.75, 3.05) is 13.2 Å². The van der Waals surface area contributed by atoms with Crippen molar-refractivity contribution in [3.05, 3.63) is 47.6 Å². The molecular formula is C43H57FO11. The Bertz CT molecular complexity index is 1820. The molecule has 12 heteroatoms. The summed E-state index contributed by atoms with van der Waals surface area (Å²) < 4.78 is 16.8. The van der Waals surface area contributed by atoms with Gasteiger partial charge in [0.05, 0.1) is 18.3 Å². The molecule has 55 heavy (non-hydrogen) atoms. The molecule has 302 valence electrons. The number of carbonyl (C=O) groups is 4. The van der Waals surface area contributed by atoms with E-state index in [2.05, 4.69) is 13.8 Å². The van der Waals surface area contributed by atoms with Crippen LogP contribution in [-0.2, 0) is 19.2 Å². The van der Waals surface area contributed by atoms with Gasteiger partial charge in [-0.1, -0.05) is 51.0 Å². The van der Waals surface area contributed by atoms with E-state index < -0.39 is 88.0 Å². The molecule has 0 amide bonds. The Morgan fingerprint density at radius 3 is 2.09 bits per heavy atom. The summed E-state index contributed by atoms with van der Waals surface area (Å²) in [6, 6.07) is 0. The number of halogens is 1. The molecule has 0 aromatic heterocycles. The van der Waals surface area contributed by atoms with E-state index in [-0.39, 0.29) is 53.5 Å². The maximum absolute atomic E-state index is 16.8. The first-order valence-corrected chi connectivity index (χ1v) is 19.9. The number of ketones is 4. The average Bonchev–Trinajstić information content (AvgIpc) is 3.51. The van der Waals surface area contributed by atoms with Crippen molar-refractivity contribution in [3.63, 3.8) is 0 Å². The topological polar surface area (TPSA) is 210 Å². The molecule has 8 aliphatic rings. The molecule has 11 nitrogen and oxygen atoms in total. The number of alkyl halides is 1. The van der Waals surface area contributed by atoms with Gasteiger partial charge in [0, 0.05) is 33.5 Å². The zero-order chi connectivity index (χ0) is 40.5. The maximum Gasteiger partial charge on any atom is 0.192 e. The molecule has 8 rings (SSSR count). The van der Waals surface area contributed by atoms with Crippen LogP contribution in [0.2, 0.25) is 0 Å². The Kier molecular flexibility index (Phi) is 9.49. The summed E-state index contributed by atoms with van der Waals surface area (Å²) in [6.07, 6.45) is 8.80. The number of aliphatic hydroxyl groups excluding tert-OH is 5. The summed E-state index contributed by atoms with van der Waals surface area (Å²) in [6.45, 7) is 7.82. The number of carbonyl (C=O) groups excluding carboxylic acids is 4. The Balaban J connectivity index is 0.000000169. The molecule has 0 spiro atoms. The molecule has 0 aromatic rings. The third-order valence-electron chi connectivity index (χ3n) is 17.0. The predicted molar refractivity (Wildman–Crippen MR) is 196 cm³/mol. The first-order valence-electron chi connectivity index (χ1n) is 19.9. The Morgan fingerprint density at radius 2 is 1.44 bits per heavy atom. The van der Waals surface area contributed by atoms with Gasteiger partial charge in [0.1, 0.15) is 18.8 Å². The largest absolute Gasteiger partial charge is 0.393 e. The van der Waals surface area contributed by atoms with Gasteiger partial charge in [-0.2, -0.15) is 0 Å². The fourth-order valence-electron chi connectivity index (χ4n) is 14.2. The van der Waals surface area contributed by atoms with Gasteiger partial charge in [-0.05, 0) is 106 Å². The van der Waals surface area contributed by atoms with Gasteiger partial charge < -0.3 is 35.7 Å². The predicted octanol–water partition coefficient (Wildman–Crippen LogP) is 2.42. The van der Waals surface area contributed by atoms with Crippen LogP contribution in [0.3, 0.4) is 0 Å². The fourth-order valence-corrected chi connectivity index (χ4v) is 14.2. The summed E-state index contributed by atoms with van der Waals surface area (Å²) in [4.78, 5) is 48.6. The third kappa shape index (κ3) is 5.04. The highest BCUT2D eigenvalue weighted by Gasteiger charge is 2.76. The summed E-state index contributed by atoms with van der Waals surface area (Å²) in [5.41, 5.74) is -7.71. The Labute approximate surface area is 321 Å². The van der Waals surface area contributed by atoms with Crippen LogP contribution in [0.1, 0.15) is 86.0 Å². The smallest absolute Gasteiger partial charge is 0.192 e. The van der Waals surface area contributed by atoms with Crippen LogP contribution in [0.15, 0.2) is 47.6 Å². The third-order valence-corrected chi connectivity index (χ3v) is 17.0. The van der Waals surface area contributed by atoms with Crippen LogP contribution >= 0.6 is 0 Å². The second kappa shape index (κ2) is 12.9. The highest BCUT2D eigenvalue weighted by molar-refractivity contribution is 6.02. The van der Waals surface area contributed by atoms with E-state index in [0.717, 1.165) is 18.4 Å². The highest BCUT2D eigenvalue weighted by atomic mass is 19.1. The summed E-state index contributed by atoms with van der Waals surface area (Å²) in [7, 11) is 0. The maximum atomic E-state index is 16.8. The normalized spacial score (nSPS) is 51.9. The zero-order valence-corrected chi connectivity index (χ0v) is 32.4. The van der Waals surface area contributed by atoms with Gasteiger partial charge in [0.2, 0.25) is 0 Å². The van der Waals surface area contributed by atoms with Gasteiger partial charge in [-0.3, -0.25) is 19.2 Å². The van der Waals surface area contributed by atoms with E-state index in [1.807, 2.05) is 13.0 Å². The number of Topliss-reactive ketones (excluding diaryl/α,β-unsaturated/α-hetero) is 2. The second-order valence-electron chi connectivity index (χ2n) is 19.1. The highest BCUT2D eigenvalue weighted by Crippen LogP contribution is 2.70. The van der Waals surface area contributed by atoms with Crippen LogP contribution < -0.4 is 0 Å². The number of hydrogen-bond donors (Lipinski definition) is 7. The van der Waals surface area contributed by atoms with Gasteiger partial charge in [0.15, 0.2) is 34.4 Å². The number of fused-ring (bicyclic) bond motifs is 10. The van der Waals surface area contributed by atoms with E-state index in [1.54, 1.807) is 26.0 Å². The molecule has 0 heterocycles. The lowest BCUT2D eigenvalue weighted by Gasteiger charge is -2.62. The lowest BCUT2D eigenvalue weighted by atomic mass is 9.44. The molecule has 0 bridgehead atoms. The first kappa shape index (κ1) is 40.5. The SMILES string of the molecule is C[C@H]1C[C@@H]2[C@H]([C@@H](O)C[C@@]3(C)[C@H]2CC[C@]3(O)C(=O)CO)[C@@]2(C)C=CC(=O)C=C12.C[C@]12C=CC(=O)C=C1CC[C@H]1[C@@H]3C[C@@H](O)[C@](O)(C(=O)CO)[C@@]3(C)C[C@H](O)[C@@]12F. The van der Waals surface area contributed by atoms with E-state index in [0.29, 0.717) is 31.3 Å². The quantitative estimate of drug-likeness (QED) is 0.221. The summed E-state index contributed by atoms with van der Waals surface area (Å²) >= 11 is 0. The van der Waals surface area contributed by atoms with Crippen molar-refractivity contribution in [2.24, 2.45) is 57.2 Å². The molecule has 0 aromatic carbocycles. The van der Waals surface area contributed by atoms with Crippen molar-refractivity contribution in [1.29, 1.82) is 0 Å². The minimum Gasteiger partial charge on any atom is -0.393 e. The van der Waals surface area contributed by atoms with E-state index in [9.17, 15) is 54.9 Å². The van der Waals surface area contributed by atoms with Crippen LogP contribution in [0.25, 0.3) is 0 Å². The molecular weight excluding hydrogens is 711 g/mol. The van der Waals surface area contributed by atoms with Crippen molar-refractivity contribution in [1.82, 2.24) is 0 Å². The number of allylic oxidation sites excluding steroid dienone is 8. The van der Waals surface area contributed by atoms with Crippen molar-refractivity contribution in [2.45, 2.75) is 121 Å². The number of aliphatic hydroxyl groups is 7. The average molecular weight is 769 g/mol. The monoisotopic (exact) mass is 768 g/mol. The molecule has 6 saturated carbocycles. The Morgan fingerprint density at radius 1 is 0.800 bits per heavy atom.